The molecule has 3 N–H and O–H groups in total. The van der Waals surface area contributed by atoms with Crippen LogP contribution in [0.4, 0.5) is 29.3 Å². The lowest BCUT2D eigenvalue weighted by Crippen LogP contribution is -2.53. The molecule has 0 amide bonds. The average Bonchev–Trinajstić information content (AvgIpc) is 3.38. The summed E-state index contributed by atoms with van der Waals surface area (Å²) in [6, 6.07) is 4.17. The number of hydrogen-bond acceptors (Lipinski definition) is 8. The number of aromatic nitrogens is 6. The van der Waals surface area contributed by atoms with Gasteiger partial charge in [-0.2, -0.15) is 4.98 Å². The first-order chi connectivity index (χ1) is 17.8. The van der Waals surface area contributed by atoms with E-state index in [9.17, 15) is 17.6 Å². The second-order valence-corrected chi connectivity index (χ2v) is 9.31. The van der Waals surface area contributed by atoms with Gasteiger partial charge in [-0.15, -0.1) is 5.10 Å². The number of fused-ring (bicyclic) bond motifs is 2. The predicted molar refractivity (Wildman–Crippen MR) is 128 cm³/mol. The molecule has 0 spiro atoms. The van der Waals surface area contributed by atoms with Crippen molar-refractivity contribution in [3.63, 3.8) is 0 Å². The Balaban J connectivity index is 1.42. The number of hydrogen-bond donors (Lipinski definition) is 3. The molecule has 0 aliphatic carbocycles. The monoisotopic (exact) mass is 519 g/mol. The fourth-order valence-electron chi connectivity index (χ4n) is 4.70. The van der Waals surface area contributed by atoms with Gasteiger partial charge in [0.15, 0.2) is 11.5 Å². The summed E-state index contributed by atoms with van der Waals surface area (Å²) >= 11 is 0. The van der Waals surface area contributed by atoms with Crippen LogP contribution in [0.3, 0.4) is 0 Å². The number of ether oxygens (including phenoxy) is 1. The summed E-state index contributed by atoms with van der Waals surface area (Å²) in [5.41, 5.74) is 2.63. The summed E-state index contributed by atoms with van der Waals surface area (Å²) < 4.78 is 63.4. The van der Waals surface area contributed by atoms with Gasteiger partial charge in [0.25, 0.3) is 12.3 Å². The molecule has 0 radical (unpaired) electrons. The molecule has 0 aromatic carbocycles. The Kier molecular flexibility index (Phi) is 5.87. The highest BCUT2D eigenvalue weighted by Gasteiger charge is 2.42. The van der Waals surface area contributed by atoms with E-state index in [0.29, 0.717) is 59.3 Å². The van der Waals surface area contributed by atoms with Crippen molar-refractivity contribution in [2.45, 2.75) is 44.3 Å². The standard InChI is InChI=1S/C23H25F4N9O/c1-12-29-16-3-2-15(31-21(16)35(12)8-18(24)25)14-5-7-36-19(14)20(30-13-9-37-10-13)33-22(34-36)32-17-4-6-28-11-23(17,26)27/h2-3,5,7,13,17-18,28H,4,6,8-11H2,1H3,(H2,30,32,33,34)/t17-/m1/s1. The third kappa shape index (κ3) is 4.44. The number of imidazole rings is 1. The second-order valence-electron chi connectivity index (χ2n) is 9.31. The Morgan fingerprint density at radius 2 is 2.00 bits per heavy atom. The van der Waals surface area contributed by atoms with E-state index in [1.54, 1.807) is 35.8 Å². The van der Waals surface area contributed by atoms with E-state index in [1.165, 1.54) is 4.57 Å². The Bertz CT molecular complexity index is 1450. The van der Waals surface area contributed by atoms with Gasteiger partial charge in [0.1, 0.15) is 16.9 Å². The summed E-state index contributed by atoms with van der Waals surface area (Å²) in [7, 11) is 0. The minimum Gasteiger partial charge on any atom is -0.377 e. The zero-order valence-electron chi connectivity index (χ0n) is 19.9. The first-order valence-electron chi connectivity index (χ1n) is 12.0. The fraction of sp³-hybridized carbons (Fsp3) is 0.478. The maximum atomic E-state index is 14.4. The zero-order chi connectivity index (χ0) is 25.7. The molecule has 2 aliphatic rings. The minimum atomic E-state index is -2.95. The van der Waals surface area contributed by atoms with E-state index in [0.717, 1.165) is 0 Å². The highest BCUT2D eigenvalue weighted by molar-refractivity contribution is 5.89. The third-order valence-corrected chi connectivity index (χ3v) is 6.65. The quantitative estimate of drug-likeness (QED) is 0.320. The highest BCUT2D eigenvalue weighted by Crippen LogP contribution is 2.32. The smallest absolute Gasteiger partial charge is 0.280 e. The van der Waals surface area contributed by atoms with Gasteiger partial charge in [-0.3, -0.25) is 0 Å². The van der Waals surface area contributed by atoms with Crippen LogP contribution in [0.15, 0.2) is 24.4 Å². The molecule has 2 aliphatic heterocycles. The molecule has 37 heavy (non-hydrogen) atoms. The Morgan fingerprint density at radius 1 is 1.16 bits per heavy atom. The van der Waals surface area contributed by atoms with Gasteiger partial charge < -0.3 is 25.3 Å². The Labute approximate surface area is 208 Å². The number of piperidine rings is 1. The number of nitrogens with zero attached hydrogens (tertiary/aromatic N) is 6. The zero-order valence-corrected chi connectivity index (χ0v) is 19.9. The van der Waals surface area contributed by atoms with Gasteiger partial charge >= 0.3 is 0 Å². The number of rotatable bonds is 7. The Morgan fingerprint density at radius 3 is 2.73 bits per heavy atom. The van der Waals surface area contributed by atoms with Gasteiger partial charge in [-0.25, -0.2) is 32.0 Å². The first-order valence-corrected chi connectivity index (χ1v) is 12.0. The summed E-state index contributed by atoms with van der Waals surface area (Å²) in [6.45, 7) is 2.16. The van der Waals surface area contributed by atoms with Crippen LogP contribution in [0.25, 0.3) is 27.9 Å². The van der Waals surface area contributed by atoms with Crippen LogP contribution in [-0.4, -0.2) is 79.9 Å². The molecule has 14 heteroatoms. The van der Waals surface area contributed by atoms with Gasteiger partial charge in [0.05, 0.1) is 44.1 Å². The predicted octanol–water partition coefficient (Wildman–Crippen LogP) is 2.93. The van der Waals surface area contributed by atoms with E-state index in [-0.39, 0.29) is 18.4 Å². The molecule has 10 nitrogen and oxygen atoms in total. The van der Waals surface area contributed by atoms with Crippen LogP contribution in [0.1, 0.15) is 12.2 Å². The van der Waals surface area contributed by atoms with Gasteiger partial charge in [-0.1, -0.05) is 0 Å². The van der Waals surface area contributed by atoms with Crippen LogP contribution < -0.4 is 16.0 Å². The van der Waals surface area contributed by atoms with Crippen molar-refractivity contribution in [3.05, 3.63) is 30.2 Å². The normalized spacial score (nSPS) is 20.0. The summed E-state index contributed by atoms with van der Waals surface area (Å²) in [5.74, 6) is -2.00. The molecule has 4 aromatic heterocycles. The molecule has 4 aromatic rings. The molecule has 2 saturated heterocycles. The van der Waals surface area contributed by atoms with E-state index >= 15 is 0 Å². The van der Waals surface area contributed by atoms with Crippen LogP contribution in [0.2, 0.25) is 0 Å². The number of aryl methyl sites for hydroxylation is 1. The first kappa shape index (κ1) is 23.9. The molecule has 2 fully saturated rings. The van der Waals surface area contributed by atoms with Gasteiger partial charge in [0, 0.05) is 11.8 Å². The number of pyridine rings is 1. The molecule has 0 saturated carbocycles. The maximum Gasteiger partial charge on any atom is 0.280 e. The van der Waals surface area contributed by atoms with Gasteiger partial charge in [0.2, 0.25) is 5.95 Å². The molecule has 0 unspecified atom stereocenters. The SMILES string of the molecule is Cc1nc2ccc(-c3ccn4nc(N[C@@H]5CCNCC5(F)F)nc(NC5COC5)c34)nc2n1CC(F)F. The van der Waals surface area contributed by atoms with Crippen molar-refractivity contribution in [1.82, 2.24) is 34.4 Å². The van der Waals surface area contributed by atoms with Crippen molar-refractivity contribution >= 4 is 28.4 Å². The summed E-state index contributed by atoms with van der Waals surface area (Å²) in [4.78, 5) is 13.6. The topological polar surface area (TPSA) is 106 Å². The molecule has 1 atom stereocenters. The largest absolute Gasteiger partial charge is 0.377 e. The number of alkyl halides is 4. The maximum absolute atomic E-state index is 14.4. The van der Waals surface area contributed by atoms with Crippen molar-refractivity contribution in [2.75, 3.05) is 36.9 Å². The number of halogens is 4. The molecule has 0 bridgehead atoms. The molecular weight excluding hydrogens is 494 g/mol. The number of nitrogens with one attached hydrogen (secondary N) is 3. The lowest BCUT2D eigenvalue weighted by molar-refractivity contribution is -0.0324. The van der Waals surface area contributed by atoms with Crippen molar-refractivity contribution in [3.8, 4) is 11.3 Å². The lowest BCUT2D eigenvalue weighted by Gasteiger charge is -2.32. The van der Waals surface area contributed by atoms with Crippen molar-refractivity contribution < 1.29 is 22.3 Å². The van der Waals surface area contributed by atoms with E-state index < -0.39 is 31.5 Å². The van der Waals surface area contributed by atoms with Crippen molar-refractivity contribution in [1.29, 1.82) is 0 Å². The summed E-state index contributed by atoms with van der Waals surface area (Å²) in [5, 5.41) is 13.3. The molecule has 196 valence electrons. The number of anilines is 2. The fourth-order valence-corrected chi connectivity index (χ4v) is 4.70. The lowest BCUT2D eigenvalue weighted by atomic mass is 10.0. The summed E-state index contributed by atoms with van der Waals surface area (Å²) in [6.07, 6.45) is -0.641. The third-order valence-electron chi connectivity index (χ3n) is 6.65. The van der Waals surface area contributed by atoms with Crippen LogP contribution in [0, 0.1) is 6.92 Å². The van der Waals surface area contributed by atoms with Gasteiger partial charge in [-0.05, 0) is 38.1 Å². The second kappa shape index (κ2) is 9.10. The van der Waals surface area contributed by atoms with Crippen LogP contribution >= 0.6 is 0 Å². The van der Waals surface area contributed by atoms with E-state index in [4.69, 9.17) is 4.74 Å². The van der Waals surface area contributed by atoms with Crippen LogP contribution in [0.5, 0.6) is 0 Å². The molecule has 6 heterocycles. The average molecular weight is 520 g/mol. The molecular formula is C23H25F4N9O. The van der Waals surface area contributed by atoms with Crippen molar-refractivity contribution in [2.24, 2.45) is 0 Å². The highest BCUT2D eigenvalue weighted by atomic mass is 19.3. The minimum absolute atomic E-state index is 0.000171. The Hall–Kier alpha value is -3.52. The van der Waals surface area contributed by atoms with E-state index in [2.05, 4.69) is 36.0 Å². The molecule has 6 rings (SSSR count). The van der Waals surface area contributed by atoms with E-state index in [1.807, 2.05) is 0 Å². The van der Waals surface area contributed by atoms with Crippen LogP contribution in [-0.2, 0) is 11.3 Å².